The minimum atomic E-state index is -0.180. The minimum Gasteiger partial charge on any atom is -0.497 e. The van der Waals surface area contributed by atoms with Gasteiger partial charge >= 0.3 is 5.69 Å². The van der Waals surface area contributed by atoms with Crippen LogP contribution in [0.5, 0.6) is 5.75 Å². The fraction of sp³-hybridized carbons (Fsp3) is 0.190. The monoisotopic (exact) mass is 424 g/mol. The predicted octanol–water partition coefficient (Wildman–Crippen LogP) is 4.24. The molecule has 0 unspecified atom stereocenters. The highest BCUT2D eigenvalue weighted by Gasteiger charge is 2.11. The zero-order valence-corrected chi connectivity index (χ0v) is 17.5. The molecule has 0 aliphatic heterocycles. The number of benzene rings is 2. The molecule has 6 nitrogen and oxygen atoms in total. The SMILES string of the molecule is COc1ccc(-c2nc(CSc3n[nH]c(=O)n3CCc3ccccc3)cs2)cc1. The van der Waals surface area contributed by atoms with Gasteiger partial charge < -0.3 is 4.74 Å². The summed E-state index contributed by atoms with van der Waals surface area (Å²) in [5, 5.41) is 10.4. The summed E-state index contributed by atoms with van der Waals surface area (Å²) in [5.74, 6) is 1.48. The molecule has 4 aromatic rings. The first-order valence-corrected chi connectivity index (χ1v) is 11.0. The molecule has 148 valence electrons. The Morgan fingerprint density at radius 1 is 1.14 bits per heavy atom. The van der Waals surface area contributed by atoms with Gasteiger partial charge in [-0.3, -0.25) is 4.57 Å². The van der Waals surface area contributed by atoms with Gasteiger partial charge in [0.1, 0.15) is 10.8 Å². The number of nitrogens with one attached hydrogen (secondary N) is 1. The molecule has 29 heavy (non-hydrogen) atoms. The van der Waals surface area contributed by atoms with E-state index in [-0.39, 0.29) is 5.69 Å². The largest absolute Gasteiger partial charge is 0.497 e. The zero-order chi connectivity index (χ0) is 20.1. The van der Waals surface area contributed by atoms with E-state index in [4.69, 9.17) is 9.72 Å². The number of hydrogen-bond acceptors (Lipinski definition) is 6. The zero-order valence-electron chi connectivity index (χ0n) is 15.9. The number of ether oxygens (including phenoxy) is 1. The van der Waals surface area contributed by atoms with Crippen LogP contribution >= 0.6 is 23.1 Å². The Hall–Kier alpha value is -2.84. The third kappa shape index (κ3) is 4.78. The molecule has 8 heteroatoms. The third-order valence-corrected chi connectivity index (χ3v) is 6.38. The van der Waals surface area contributed by atoms with E-state index in [1.54, 1.807) is 23.0 Å². The summed E-state index contributed by atoms with van der Waals surface area (Å²) in [7, 11) is 1.65. The molecule has 0 fully saturated rings. The number of nitrogens with zero attached hydrogens (tertiary/aromatic N) is 3. The Balaban J connectivity index is 1.40. The Kier molecular flexibility index (Phi) is 6.12. The van der Waals surface area contributed by atoms with E-state index in [1.807, 2.05) is 47.8 Å². The molecule has 0 bridgehead atoms. The first-order valence-electron chi connectivity index (χ1n) is 9.13. The fourth-order valence-electron chi connectivity index (χ4n) is 2.87. The molecule has 4 rings (SSSR count). The van der Waals surface area contributed by atoms with Crippen molar-refractivity contribution < 1.29 is 4.74 Å². The van der Waals surface area contributed by atoms with Crippen LogP contribution in [0.25, 0.3) is 10.6 Å². The number of aromatic amines is 1. The van der Waals surface area contributed by atoms with Crippen molar-refractivity contribution in [3.63, 3.8) is 0 Å². The molecule has 0 saturated carbocycles. The smallest absolute Gasteiger partial charge is 0.343 e. The Bertz CT molecular complexity index is 1120. The number of thioether (sulfide) groups is 1. The second-order valence-corrected chi connectivity index (χ2v) is 8.16. The van der Waals surface area contributed by atoms with Crippen LogP contribution in [-0.2, 0) is 18.7 Å². The molecule has 0 amide bonds. The van der Waals surface area contributed by atoms with E-state index in [2.05, 4.69) is 22.3 Å². The maximum Gasteiger partial charge on any atom is 0.343 e. The highest BCUT2D eigenvalue weighted by atomic mass is 32.2. The Morgan fingerprint density at radius 2 is 1.93 bits per heavy atom. The molecule has 0 aliphatic rings. The van der Waals surface area contributed by atoms with Gasteiger partial charge in [0.15, 0.2) is 5.16 Å². The van der Waals surface area contributed by atoms with Gasteiger partial charge in [-0.1, -0.05) is 42.1 Å². The second-order valence-electron chi connectivity index (χ2n) is 6.36. The first-order chi connectivity index (χ1) is 14.2. The summed E-state index contributed by atoms with van der Waals surface area (Å²) >= 11 is 3.12. The van der Waals surface area contributed by atoms with Gasteiger partial charge in [-0.2, -0.15) is 0 Å². The van der Waals surface area contributed by atoms with Crippen molar-refractivity contribution in [3.8, 4) is 16.3 Å². The van der Waals surface area contributed by atoms with Gasteiger partial charge in [-0.05, 0) is 36.2 Å². The second kappa shape index (κ2) is 9.11. The maximum atomic E-state index is 12.1. The van der Waals surface area contributed by atoms with Crippen LogP contribution in [-0.4, -0.2) is 26.9 Å². The lowest BCUT2D eigenvalue weighted by Crippen LogP contribution is -2.18. The van der Waals surface area contributed by atoms with Gasteiger partial charge in [0.2, 0.25) is 0 Å². The van der Waals surface area contributed by atoms with Crippen LogP contribution in [0.2, 0.25) is 0 Å². The van der Waals surface area contributed by atoms with Crippen LogP contribution in [0.15, 0.2) is 69.9 Å². The van der Waals surface area contributed by atoms with E-state index in [0.29, 0.717) is 17.5 Å². The minimum absolute atomic E-state index is 0.180. The lowest BCUT2D eigenvalue weighted by Gasteiger charge is -2.05. The molecule has 0 spiro atoms. The number of H-pyrrole nitrogens is 1. The molecule has 2 heterocycles. The van der Waals surface area contributed by atoms with Gasteiger partial charge in [0.25, 0.3) is 0 Å². The van der Waals surface area contributed by atoms with Gasteiger partial charge in [-0.15, -0.1) is 16.4 Å². The van der Waals surface area contributed by atoms with Crippen molar-refractivity contribution in [1.29, 1.82) is 0 Å². The first kappa shape index (κ1) is 19.5. The van der Waals surface area contributed by atoms with Crippen molar-refractivity contribution in [3.05, 3.63) is 81.7 Å². The Labute approximate surface area is 176 Å². The number of rotatable bonds is 8. The number of aromatic nitrogens is 4. The van der Waals surface area contributed by atoms with Crippen molar-refractivity contribution in [2.24, 2.45) is 0 Å². The van der Waals surface area contributed by atoms with Gasteiger partial charge in [0.05, 0.1) is 12.8 Å². The number of aryl methyl sites for hydroxylation is 1. The molecular weight excluding hydrogens is 404 g/mol. The van der Waals surface area contributed by atoms with Crippen LogP contribution in [0, 0.1) is 0 Å². The quantitative estimate of drug-likeness (QED) is 0.428. The molecule has 0 aliphatic carbocycles. The summed E-state index contributed by atoms with van der Waals surface area (Å²) < 4.78 is 6.89. The number of methoxy groups -OCH3 is 1. The van der Waals surface area contributed by atoms with Crippen LogP contribution in [0.1, 0.15) is 11.3 Å². The lowest BCUT2D eigenvalue weighted by atomic mass is 10.1. The van der Waals surface area contributed by atoms with E-state index in [0.717, 1.165) is 28.4 Å². The fourth-order valence-corrected chi connectivity index (χ4v) is 4.67. The summed E-state index contributed by atoms with van der Waals surface area (Å²) in [6.07, 6.45) is 0.784. The molecule has 0 atom stereocenters. The molecular formula is C21H20N4O2S2. The van der Waals surface area contributed by atoms with Crippen molar-refractivity contribution in [2.75, 3.05) is 7.11 Å². The molecule has 1 N–H and O–H groups in total. The topological polar surface area (TPSA) is 72.8 Å². The maximum absolute atomic E-state index is 12.1. The van der Waals surface area contributed by atoms with E-state index >= 15 is 0 Å². The molecule has 2 aromatic heterocycles. The van der Waals surface area contributed by atoms with Gasteiger partial charge in [-0.25, -0.2) is 14.9 Å². The van der Waals surface area contributed by atoms with Crippen LogP contribution in [0.3, 0.4) is 0 Å². The lowest BCUT2D eigenvalue weighted by molar-refractivity contribution is 0.415. The summed E-state index contributed by atoms with van der Waals surface area (Å²) in [6.45, 7) is 0.593. The average molecular weight is 425 g/mol. The Morgan fingerprint density at radius 3 is 2.69 bits per heavy atom. The average Bonchev–Trinajstić information content (AvgIpc) is 3.38. The highest BCUT2D eigenvalue weighted by Crippen LogP contribution is 2.28. The molecule has 2 aromatic carbocycles. The summed E-state index contributed by atoms with van der Waals surface area (Å²) in [6, 6.07) is 18.0. The highest BCUT2D eigenvalue weighted by molar-refractivity contribution is 7.98. The van der Waals surface area contributed by atoms with Crippen molar-refractivity contribution in [2.45, 2.75) is 23.9 Å². The summed E-state index contributed by atoms with van der Waals surface area (Å²) in [5.41, 5.74) is 3.04. The third-order valence-electron chi connectivity index (χ3n) is 4.43. The van der Waals surface area contributed by atoms with Crippen molar-refractivity contribution in [1.82, 2.24) is 19.7 Å². The number of thiazole rings is 1. The van der Waals surface area contributed by atoms with E-state index < -0.39 is 0 Å². The van der Waals surface area contributed by atoms with Crippen LogP contribution in [0.4, 0.5) is 0 Å². The summed E-state index contributed by atoms with van der Waals surface area (Å²) in [4.78, 5) is 16.8. The van der Waals surface area contributed by atoms with E-state index in [9.17, 15) is 4.79 Å². The normalized spacial score (nSPS) is 10.9. The standard InChI is InChI=1S/C21H20N4O2S2/c1-27-18-9-7-16(8-10-18)19-22-17(13-28-19)14-29-21-24-23-20(26)25(21)12-11-15-5-3-2-4-6-15/h2-10,13H,11-12,14H2,1H3,(H,23,26). The molecule has 0 saturated heterocycles. The number of hydrogen-bond donors (Lipinski definition) is 1. The van der Waals surface area contributed by atoms with E-state index in [1.165, 1.54) is 17.3 Å². The van der Waals surface area contributed by atoms with Gasteiger partial charge in [0, 0.05) is 23.2 Å². The van der Waals surface area contributed by atoms with Crippen molar-refractivity contribution >= 4 is 23.1 Å². The molecule has 0 radical (unpaired) electrons. The predicted molar refractivity (Wildman–Crippen MR) is 117 cm³/mol. The van der Waals surface area contributed by atoms with Crippen LogP contribution < -0.4 is 10.4 Å².